The molecule has 0 radical (unpaired) electrons. The highest BCUT2D eigenvalue weighted by molar-refractivity contribution is 5.92. The van der Waals surface area contributed by atoms with Crippen molar-refractivity contribution in [2.75, 3.05) is 21.3 Å². The molecule has 31 heavy (non-hydrogen) atoms. The summed E-state index contributed by atoms with van der Waals surface area (Å²) in [4.78, 5) is 54.6. The van der Waals surface area contributed by atoms with Gasteiger partial charge in [-0.15, -0.1) is 0 Å². The van der Waals surface area contributed by atoms with Gasteiger partial charge in [-0.05, 0) is 24.3 Å². The second-order valence-electron chi connectivity index (χ2n) is 6.63. The Kier molecular flexibility index (Phi) is 6.10. The van der Waals surface area contributed by atoms with Crippen molar-refractivity contribution in [3.05, 3.63) is 67.9 Å². The number of pyridine rings is 2. The number of hydrogen-bond acceptors (Lipinski definition) is 8. The molecule has 0 aliphatic heterocycles. The Hall–Kier alpha value is -4.08. The van der Waals surface area contributed by atoms with Crippen molar-refractivity contribution in [1.82, 2.24) is 9.97 Å². The Morgan fingerprint density at radius 1 is 1.06 bits per heavy atom. The molecular weight excluding hydrogens is 408 g/mol. The van der Waals surface area contributed by atoms with E-state index in [1.54, 1.807) is 18.2 Å². The number of methoxy groups -OCH3 is 3. The van der Waals surface area contributed by atoms with Crippen LogP contribution in [0.1, 0.15) is 33.8 Å². The van der Waals surface area contributed by atoms with Gasteiger partial charge in [-0.3, -0.25) is 14.4 Å². The first-order valence-electron chi connectivity index (χ1n) is 9.11. The first-order valence-corrected chi connectivity index (χ1v) is 9.11. The van der Waals surface area contributed by atoms with Gasteiger partial charge in [-0.25, -0.2) is 4.79 Å². The molecule has 1 aromatic carbocycles. The predicted octanol–water partition coefficient (Wildman–Crippen LogP) is 1.41. The Morgan fingerprint density at radius 3 is 2.45 bits per heavy atom. The molecule has 10 nitrogen and oxygen atoms in total. The normalized spacial score (nSPS) is 11.7. The minimum atomic E-state index is -1.21. The standard InChI is InChI=1S/C21H20N2O8/c1-29-11-4-5-15-10(6-11)7-13(19(26)23-15)12(8-16(24)30-2)17-18(25)14(21(28)31-3)9-22-20(17)27/h4-7,9,12H,8H2,1-3H3,(H,23,26)(H2,22,25,27)/t12-/m0/s1. The number of H-pyrrole nitrogens is 2. The van der Waals surface area contributed by atoms with Gasteiger partial charge in [0, 0.05) is 28.6 Å². The monoisotopic (exact) mass is 428 g/mol. The lowest BCUT2D eigenvalue weighted by Crippen LogP contribution is -2.26. The molecule has 162 valence electrons. The lowest BCUT2D eigenvalue weighted by atomic mass is 9.88. The van der Waals surface area contributed by atoms with Crippen LogP contribution in [0.3, 0.4) is 0 Å². The first kappa shape index (κ1) is 21.6. The van der Waals surface area contributed by atoms with Gasteiger partial charge in [0.1, 0.15) is 17.1 Å². The molecule has 10 heteroatoms. The quantitative estimate of drug-likeness (QED) is 0.499. The summed E-state index contributed by atoms with van der Waals surface area (Å²) in [6.07, 6.45) is 0.564. The third-order valence-corrected chi connectivity index (χ3v) is 4.91. The molecule has 0 spiro atoms. The fraction of sp³-hybridized carbons (Fsp3) is 0.238. The number of nitrogens with one attached hydrogen (secondary N) is 2. The van der Waals surface area contributed by atoms with Gasteiger partial charge >= 0.3 is 11.9 Å². The molecule has 3 aromatic rings. The van der Waals surface area contributed by atoms with Gasteiger partial charge in [0.05, 0.1) is 33.3 Å². The number of aromatic nitrogens is 2. The van der Waals surface area contributed by atoms with Gasteiger partial charge in [0.2, 0.25) is 0 Å². The summed E-state index contributed by atoms with van der Waals surface area (Å²) in [5, 5.41) is 11.2. The van der Waals surface area contributed by atoms with Crippen LogP contribution in [0, 0.1) is 0 Å². The maximum Gasteiger partial charge on any atom is 0.343 e. The van der Waals surface area contributed by atoms with E-state index in [-0.39, 0.29) is 16.7 Å². The van der Waals surface area contributed by atoms with Crippen molar-refractivity contribution < 1.29 is 28.9 Å². The zero-order valence-electron chi connectivity index (χ0n) is 17.0. The molecular formula is C21H20N2O8. The van der Waals surface area contributed by atoms with Gasteiger partial charge < -0.3 is 29.3 Å². The number of aromatic amines is 2. The van der Waals surface area contributed by atoms with Crippen LogP contribution in [-0.2, 0) is 14.3 Å². The summed E-state index contributed by atoms with van der Waals surface area (Å²) in [6, 6.07) is 6.48. The maximum absolute atomic E-state index is 12.8. The number of ether oxygens (including phenoxy) is 3. The summed E-state index contributed by atoms with van der Waals surface area (Å²) in [7, 11) is 3.76. The number of hydrogen-bond donors (Lipinski definition) is 3. The van der Waals surface area contributed by atoms with Crippen LogP contribution in [0.15, 0.2) is 40.1 Å². The topological polar surface area (TPSA) is 148 Å². The van der Waals surface area contributed by atoms with Gasteiger partial charge in [0.15, 0.2) is 0 Å². The third-order valence-electron chi connectivity index (χ3n) is 4.91. The van der Waals surface area contributed by atoms with Crippen LogP contribution in [0.25, 0.3) is 10.9 Å². The third kappa shape index (κ3) is 4.13. The van der Waals surface area contributed by atoms with E-state index in [4.69, 9.17) is 9.47 Å². The molecule has 2 aromatic heterocycles. The maximum atomic E-state index is 12.8. The molecule has 0 bridgehead atoms. The highest BCUT2D eigenvalue weighted by Gasteiger charge is 2.30. The molecule has 0 amide bonds. The van der Waals surface area contributed by atoms with Crippen LogP contribution >= 0.6 is 0 Å². The average molecular weight is 428 g/mol. The van der Waals surface area contributed by atoms with Crippen LogP contribution in [0.4, 0.5) is 0 Å². The van der Waals surface area contributed by atoms with E-state index >= 15 is 0 Å². The number of carbonyl (C=O) groups is 2. The molecule has 1 atom stereocenters. The Balaban J connectivity index is 2.30. The highest BCUT2D eigenvalue weighted by Crippen LogP contribution is 2.33. The minimum Gasteiger partial charge on any atom is -0.506 e. The fourth-order valence-corrected chi connectivity index (χ4v) is 3.33. The van der Waals surface area contributed by atoms with Crippen molar-refractivity contribution >= 4 is 22.8 Å². The summed E-state index contributed by atoms with van der Waals surface area (Å²) in [6.45, 7) is 0. The molecule has 0 fully saturated rings. The minimum absolute atomic E-state index is 0.0222. The molecule has 0 aliphatic rings. The van der Waals surface area contributed by atoms with Crippen molar-refractivity contribution in [3.8, 4) is 11.5 Å². The van der Waals surface area contributed by atoms with Crippen molar-refractivity contribution in [2.45, 2.75) is 12.3 Å². The number of rotatable bonds is 6. The Labute approximate surface area is 175 Å². The van der Waals surface area contributed by atoms with Gasteiger partial charge in [-0.1, -0.05) is 0 Å². The second kappa shape index (κ2) is 8.74. The smallest absolute Gasteiger partial charge is 0.343 e. The van der Waals surface area contributed by atoms with Crippen LogP contribution < -0.4 is 15.9 Å². The van der Waals surface area contributed by atoms with Crippen LogP contribution in [0.5, 0.6) is 11.5 Å². The Morgan fingerprint density at radius 2 is 1.81 bits per heavy atom. The van der Waals surface area contributed by atoms with E-state index < -0.39 is 41.1 Å². The number of carbonyl (C=O) groups excluding carboxylic acids is 2. The molecule has 0 unspecified atom stereocenters. The van der Waals surface area contributed by atoms with Crippen molar-refractivity contribution in [3.63, 3.8) is 0 Å². The zero-order valence-corrected chi connectivity index (χ0v) is 17.0. The zero-order chi connectivity index (χ0) is 22.7. The SMILES string of the molecule is COC(=O)C[C@@H](c1cc2cc(OC)ccc2[nH]c1=O)c1c(O)c(C(=O)OC)c[nH]c1=O. The lowest BCUT2D eigenvalue weighted by Gasteiger charge is -2.18. The molecule has 3 N–H and O–H groups in total. The summed E-state index contributed by atoms with van der Waals surface area (Å²) in [5.74, 6) is -2.99. The summed E-state index contributed by atoms with van der Waals surface area (Å²) >= 11 is 0. The van der Waals surface area contributed by atoms with E-state index in [1.165, 1.54) is 13.2 Å². The van der Waals surface area contributed by atoms with Crippen LogP contribution in [0.2, 0.25) is 0 Å². The molecule has 3 rings (SSSR count). The van der Waals surface area contributed by atoms with E-state index in [1.807, 2.05) is 0 Å². The van der Waals surface area contributed by atoms with Gasteiger partial charge in [0.25, 0.3) is 11.1 Å². The van der Waals surface area contributed by atoms with Crippen molar-refractivity contribution in [2.24, 2.45) is 0 Å². The molecule has 2 heterocycles. The Bertz CT molecular complexity index is 1270. The lowest BCUT2D eigenvalue weighted by molar-refractivity contribution is -0.140. The molecule has 0 saturated heterocycles. The number of esters is 2. The number of benzene rings is 1. The van der Waals surface area contributed by atoms with Crippen LogP contribution in [-0.4, -0.2) is 48.3 Å². The first-order chi connectivity index (χ1) is 14.8. The average Bonchev–Trinajstić information content (AvgIpc) is 2.77. The number of fused-ring (bicyclic) bond motifs is 1. The van der Waals surface area contributed by atoms with E-state index in [0.29, 0.717) is 16.7 Å². The summed E-state index contributed by atoms with van der Waals surface area (Å²) < 4.78 is 14.5. The van der Waals surface area contributed by atoms with E-state index in [9.17, 15) is 24.3 Å². The van der Waals surface area contributed by atoms with E-state index in [2.05, 4.69) is 14.7 Å². The fourth-order valence-electron chi connectivity index (χ4n) is 3.33. The second-order valence-corrected chi connectivity index (χ2v) is 6.63. The molecule has 0 saturated carbocycles. The molecule has 0 aliphatic carbocycles. The van der Waals surface area contributed by atoms with Gasteiger partial charge in [-0.2, -0.15) is 0 Å². The van der Waals surface area contributed by atoms with E-state index in [0.717, 1.165) is 20.4 Å². The predicted molar refractivity (Wildman–Crippen MR) is 110 cm³/mol. The van der Waals surface area contributed by atoms with Crippen molar-refractivity contribution in [1.29, 1.82) is 0 Å². The number of aromatic hydroxyl groups is 1. The summed E-state index contributed by atoms with van der Waals surface area (Å²) in [5.41, 5.74) is -1.47. The highest BCUT2D eigenvalue weighted by atomic mass is 16.5. The largest absolute Gasteiger partial charge is 0.506 e.